The molecule has 0 aromatic rings. The maximum absolute atomic E-state index is 12.5. The lowest BCUT2D eigenvalue weighted by atomic mass is 10.0. The van der Waals surface area contributed by atoms with Gasteiger partial charge in [-0.1, -0.05) is 31.6 Å². The van der Waals surface area contributed by atoms with Gasteiger partial charge in [-0.25, -0.2) is 0 Å². The van der Waals surface area contributed by atoms with Gasteiger partial charge >= 0.3 is 5.97 Å². The van der Waals surface area contributed by atoms with Gasteiger partial charge in [0.15, 0.2) is 5.78 Å². The van der Waals surface area contributed by atoms with Crippen LogP contribution < -0.4 is 0 Å². The number of allylic oxidation sites excluding steroid dienone is 4. The van der Waals surface area contributed by atoms with E-state index in [1.165, 1.54) is 5.57 Å². The van der Waals surface area contributed by atoms with Gasteiger partial charge in [0.05, 0.1) is 12.3 Å². The first-order valence-electron chi connectivity index (χ1n) is 7.92. The number of ether oxygens (including phenoxy) is 1. The van der Waals surface area contributed by atoms with Crippen molar-refractivity contribution in [3.63, 3.8) is 0 Å². The summed E-state index contributed by atoms with van der Waals surface area (Å²) in [7, 11) is 0. The Balaban J connectivity index is 2.08. The van der Waals surface area contributed by atoms with Crippen LogP contribution >= 0.6 is 0 Å². The lowest BCUT2D eigenvalue weighted by Gasteiger charge is -2.13. The second-order valence-corrected chi connectivity index (χ2v) is 7.02. The zero-order valence-electron chi connectivity index (χ0n) is 14.2. The summed E-state index contributed by atoms with van der Waals surface area (Å²) in [5.41, 5.74) is 2.81. The summed E-state index contributed by atoms with van der Waals surface area (Å²) in [5, 5.41) is 0. The number of Topliss-reactive ketones (excluding diaryl/α,β-unsaturated/α-hetero) is 1. The second-order valence-electron chi connectivity index (χ2n) is 7.02. The van der Waals surface area contributed by atoms with Gasteiger partial charge < -0.3 is 4.74 Å². The summed E-state index contributed by atoms with van der Waals surface area (Å²) >= 11 is 0. The molecule has 0 radical (unpaired) electrons. The molecule has 2 rings (SSSR count). The van der Waals surface area contributed by atoms with Crippen molar-refractivity contribution in [3.05, 3.63) is 35.5 Å². The first-order chi connectivity index (χ1) is 10.3. The van der Waals surface area contributed by atoms with E-state index in [-0.39, 0.29) is 35.4 Å². The van der Waals surface area contributed by atoms with Gasteiger partial charge in [0.1, 0.15) is 6.10 Å². The molecule has 0 aliphatic heterocycles. The first kappa shape index (κ1) is 16.7. The molecule has 3 nitrogen and oxygen atoms in total. The topological polar surface area (TPSA) is 43.4 Å². The van der Waals surface area contributed by atoms with E-state index in [9.17, 15) is 9.59 Å². The Kier molecular flexibility index (Phi) is 4.46. The largest absolute Gasteiger partial charge is 0.457 e. The molecule has 0 N–H and O–H groups in total. The van der Waals surface area contributed by atoms with Crippen LogP contribution in [0.1, 0.15) is 47.5 Å². The zero-order valence-corrected chi connectivity index (χ0v) is 14.2. The van der Waals surface area contributed by atoms with Crippen molar-refractivity contribution in [2.75, 3.05) is 0 Å². The highest BCUT2D eigenvalue weighted by molar-refractivity contribution is 6.00. The molecule has 0 aromatic heterocycles. The molecule has 0 aromatic carbocycles. The fourth-order valence-corrected chi connectivity index (χ4v) is 3.73. The first-order valence-corrected chi connectivity index (χ1v) is 7.92. The molecule has 0 bridgehead atoms. The van der Waals surface area contributed by atoms with Crippen molar-refractivity contribution in [3.8, 4) is 0 Å². The molecule has 1 fully saturated rings. The lowest BCUT2D eigenvalue weighted by molar-refractivity contribution is -0.150. The predicted octanol–water partition coefficient (Wildman–Crippen LogP) is 4.00. The van der Waals surface area contributed by atoms with E-state index < -0.39 is 6.10 Å². The quantitative estimate of drug-likeness (QED) is 0.569. The molecule has 3 atom stereocenters. The Labute approximate surface area is 133 Å². The predicted molar refractivity (Wildman–Crippen MR) is 87.2 cm³/mol. The van der Waals surface area contributed by atoms with Gasteiger partial charge in [-0.3, -0.25) is 9.59 Å². The van der Waals surface area contributed by atoms with Gasteiger partial charge in [-0.05, 0) is 44.1 Å². The smallest absolute Gasteiger partial charge is 0.310 e. The fraction of sp³-hybridized carbons (Fsp3) is 0.579. The summed E-state index contributed by atoms with van der Waals surface area (Å²) in [5.74, 6) is 0.0498. The Morgan fingerprint density at radius 2 is 2.05 bits per heavy atom. The number of hydrogen-bond donors (Lipinski definition) is 0. The molecule has 22 heavy (non-hydrogen) atoms. The normalized spacial score (nSPS) is 30.5. The molecular weight excluding hydrogens is 276 g/mol. The average Bonchev–Trinajstić information content (AvgIpc) is 2.95. The van der Waals surface area contributed by atoms with Crippen LogP contribution in [0.3, 0.4) is 0 Å². The summed E-state index contributed by atoms with van der Waals surface area (Å²) < 4.78 is 5.68. The third kappa shape index (κ3) is 2.69. The van der Waals surface area contributed by atoms with Gasteiger partial charge in [0.2, 0.25) is 0 Å². The average molecular weight is 302 g/mol. The monoisotopic (exact) mass is 302 g/mol. The van der Waals surface area contributed by atoms with Crippen LogP contribution in [0.4, 0.5) is 0 Å². The molecule has 2 aliphatic carbocycles. The number of rotatable bonds is 5. The molecule has 0 spiro atoms. The van der Waals surface area contributed by atoms with Crippen LogP contribution in [-0.4, -0.2) is 17.9 Å². The summed E-state index contributed by atoms with van der Waals surface area (Å²) in [6.07, 6.45) is 4.22. The Morgan fingerprint density at radius 3 is 2.59 bits per heavy atom. The van der Waals surface area contributed by atoms with Crippen molar-refractivity contribution in [2.24, 2.45) is 17.3 Å². The number of ketones is 1. The van der Waals surface area contributed by atoms with Crippen LogP contribution in [0.15, 0.2) is 35.5 Å². The van der Waals surface area contributed by atoms with Gasteiger partial charge in [-0.15, -0.1) is 6.58 Å². The minimum Gasteiger partial charge on any atom is -0.457 e. The van der Waals surface area contributed by atoms with Crippen molar-refractivity contribution >= 4 is 11.8 Å². The highest BCUT2D eigenvalue weighted by atomic mass is 16.5. The molecular formula is C19H26O3. The summed E-state index contributed by atoms with van der Waals surface area (Å²) in [6, 6.07) is 0. The van der Waals surface area contributed by atoms with Crippen LogP contribution in [0.5, 0.6) is 0 Å². The number of hydrogen-bond acceptors (Lipinski definition) is 3. The van der Waals surface area contributed by atoms with E-state index >= 15 is 0 Å². The van der Waals surface area contributed by atoms with E-state index in [4.69, 9.17) is 4.74 Å². The second kappa shape index (κ2) is 5.86. The van der Waals surface area contributed by atoms with Crippen LogP contribution in [0, 0.1) is 17.3 Å². The van der Waals surface area contributed by atoms with Gasteiger partial charge in [0, 0.05) is 5.57 Å². The molecule has 0 amide bonds. The highest BCUT2D eigenvalue weighted by Crippen LogP contribution is 2.62. The summed E-state index contributed by atoms with van der Waals surface area (Å²) in [4.78, 5) is 24.5. The Morgan fingerprint density at radius 1 is 1.41 bits per heavy atom. The van der Waals surface area contributed by atoms with E-state index in [2.05, 4.69) is 33.4 Å². The molecule has 1 saturated carbocycles. The fourth-order valence-electron chi connectivity index (χ4n) is 3.73. The molecule has 0 heterocycles. The number of carbonyl (C=O) groups is 2. The standard InChI is InChI=1S/C19H26O3/c1-7-9-13-12(4)15(10-14(13)20)22-18(21)17-16(11(3)8-2)19(17,5)6/h7-8,15-17H,1,9-10H2,2-6H3/b11-8+/t15-,16-,17+/m1/s1. The maximum Gasteiger partial charge on any atom is 0.310 e. The van der Waals surface area contributed by atoms with Crippen LogP contribution in [0.25, 0.3) is 0 Å². The van der Waals surface area contributed by atoms with E-state index in [0.717, 1.165) is 11.1 Å². The molecule has 2 aliphatic rings. The Bertz CT molecular complexity index is 577. The van der Waals surface area contributed by atoms with Crippen molar-refractivity contribution in [1.82, 2.24) is 0 Å². The number of carbonyl (C=O) groups excluding carboxylic acids is 2. The summed E-state index contributed by atoms with van der Waals surface area (Å²) in [6.45, 7) is 13.8. The van der Waals surface area contributed by atoms with Crippen LogP contribution in [-0.2, 0) is 14.3 Å². The van der Waals surface area contributed by atoms with E-state index in [1.807, 2.05) is 13.8 Å². The molecule has 3 heteroatoms. The van der Waals surface area contributed by atoms with Crippen molar-refractivity contribution in [2.45, 2.75) is 53.6 Å². The van der Waals surface area contributed by atoms with Crippen LogP contribution in [0.2, 0.25) is 0 Å². The van der Waals surface area contributed by atoms with Crippen molar-refractivity contribution < 1.29 is 14.3 Å². The third-order valence-corrected chi connectivity index (χ3v) is 5.30. The molecule has 120 valence electrons. The van der Waals surface area contributed by atoms with E-state index in [1.54, 1.807) is 6.08 Å². The third-order valence-electron chi connectivity index (χ3n) is 5.30. The minimum atomic E-state index is -0.391. The minimum absolute atomic E-state index is 0.0577. The molecule has 0 saturated heterocycles. The van der Waals surface area contributed by atoms with E-state index in [0.29, 0.717) is 6.42 Å². The van der Waals surface area contributed by atoms with Gasteiger partial charge in [-0.2, -0.15) is 0 Å². The maximum atomic E-state index is 12.5. The Hall–Kier alpha value is -1.64. The highest BCUT2D eigenvalue weighted by Gasteiger charge is 2.63. The lowest BCUT2D eigenvalue weighted by Crippen LogP contribution is -2.20. The zero-order chi connectivity index (χ0) is 16.7. The molecule has 0 unspecified atom stereocenters. The SMILES string of the molecule is C=CCC1=C(C)[C@H](OC(=O)[C@@H]2[C@@H](/C(C)=C/C)C2(C)C)CC1=O. The van der Waals surface area contributed by atoms with Gasteiger partial charge in [0.25, 0.3) is 0 Å². The number of esters is 1. The van der Waals surface area contributed by atoms with Crippen molar-refractivity contribution in [1.29, 1.82) is 0 Å².